The maximum atomic E-state index is 13.7. The maximum Gasteiger partial charge on any atom is 0.241 e. The number of nitriles is 1. The molecule has 5 heteroatoms. The Morgan fingerprint density at radius 1 is 1.30 bits per heavy atom. The van der Waals surface area contributed by atoms with Crippen molar-refractivity contribution < 1.29 is 9.18 Å². The summed E-state index contributed by atoms with van der Waals surface area (Å²) in [4.78, 5) is 14.1. The molecule has 0 aliphatic heterocycles. The lowest BCUT2D eigenvalue weighted by atomic mass is 10.1. The lowest BCUT2D eigenvalue weighted by Crippen LogP contribution is -2.39. The normalized spacial score (nSPS) is 11.8. The van der Waals surface area contributed by atoms with E-state index in [0.29, 0.717) is 23.4 Å². The topological polar surface area (TPSA) is 56.1 Å². The first kappa shape index (κ1) is 16.7. The first-order valence-corrected chi connectivity index (χ1v) is 7.26. The molecular weight excluding hydrogens is 293 g/mol. The minimum absolute atomic E-state index is 0.209. The van der Waals surface area contributed by atoms with Crippen LogP contribution in [0, 0.1) is 17.1 Å². The van der Waals surface area contributed by atoms with E-state index in [1.54, 1.807) is 61.3 Å². The quantitative estimate of drug-likeness (QED) is 0.923. The molecule has 0 aliphatic rings. The van der Waals surface area contributed by atoms with Crippen LogP contribution in [-0.2, 0) is 11.3 Å². The zero-order valence-electron chi connectivity index (χ0n) is 13.1. The summed E-state index contributed by atoms with van der Waals surface area (Å²) < 4.78 is 13.7. The molecule has 0 saturated carbocycles. The molecular formula is C18H18FN3O. The molecule has 0 aliphatic carbocycles. The molecule has 2 rings (SSSR count). The van der Waals surface area contributed by atoms with Gasteiger partial charge in [0.25, 0.3) is 0 Å². The second kappa shape index (κ2) is 7.52. The van der Waals surface area contributed by atoms with E-state index in [1.807, 2.05) is 6.07 Å². The minimum Gasteiger partial charge on any atom is -0.325 e. The van der Waals surface area contributed by atoms with Crippen LogP contribution in [-0.4, -0.2) is 23.9 Å². The molecule has 2 aromatic rings. The van der Waals surface area contributed by atoms with Crippen LogP contribution < -0.4 is 5.32 Å². The van der Waals surface area contributed by atoms with E-state index < -0.39 is 6.04 Å². The summed E-state index contributed by atoms with van der Waals surface area (Å²) in [6.45, 7) is 2.09. The molecule has 0 fully saturated rings. The fraction of sp³-hybridized carbons (Fsp3) is 0.222. The van der Waals surface area contributed by atoms with Crippen molar-refractivity contribution in [3.05, 3.63) is 65.5 Å². The van der Waals surface area contributed by atoms with E-state index in [-0.39, 0.29) is 11.7 Å². The smallest absolute Gasteiger partial charge is 0.241 e. The number of rotatable bonds is 5. The maximum absolute atomic E-state index is 13.7. The number of carbonyl (C=O) groups excluding carboxylic acids is 1. The molecule has 0 heterocycles. The second-order valence-corrected chi connectivity index (χ2v) is 5.36. The summed E-state index contributed by atoms with van der Waals surface area (Å²) in [6, 6.07) is 14.8. The highest BCUT2D eigenvalue weighted by Gasteiger charge is 2.19. The van der Waals surface area contributed by atoms with Gasteiger partial charge >= 0.3 is 0 Å². The molecule has 4 nitrogen and oxygen atoms in total. The third-order valence-electron chi connectivity index (χ3n) is 3.68. The monoisotopic (exact) mass is 311 g/mol. The summed E-state index contributed by atoms with van der Waals surface area (Å²) in [5.74, 6) is -0.493. The van der Waals surface area contributed by atoms with Crippen molar-refractivity contribution in [2.24, 2.45) is 0 Å². The van der Waals surface area contributed by atoms with E-state index in [9.17, 15) is 9.18 Å². The van der Waals surface area contributed by atoms with Gasteiger partial charge in [-0.15, -0.1) is 0 Å². The van der Waals surface area contributed by atoms with Crippen molar-refractivity contribution in [3.63, 3.8) is 0 Å². The van der Waals surface area contributed by atoms with Gasteiger partial charge in [0.2, 0.25) is 5.91 Å². The zero-order chi connectivity index (χ0) is 16.8. The number of hydrogen-bond acceptors (Lipinski definition) is 3. The molecule has 0 bridgehead atoms. The average Bonchev–Trinajstić information content (AvgIpc) is 2.56. The van der Waals surface area contributed by atoms with Crippen molar-refractivity contribution in [2.75, 3.05) is 12.4 Å². The third kappa shape index (κ3) is 4.38. The predicted octanol–water partition coefficient (Wildman–Crippen LogP) is 3.16. The Balaban J connectivity index is 2.01. The number of anilines is 1. The van der Waals surface area contributed by atoms with Gasteiger partial charge in [-0.2, -0.15) is 5.26 Å². The summed E-state index contributed by atoms with van der Waals surface area (Å²) in [5, 5.41) is 11.6. The fourth-order valence-electron chi connectivity index (χ4n) is 2.15. The number of hydrogen-bond donors (Lipinski definition) is 1. The first-order chi connectivity index (χ1) is 11.0. The Bertz CT molecular complexity index is 739. The Morgan fingerprint density at radius 2 is 2.04 bits per heavy atom. The van der Waals surface area contributed by atoms with Crippen LogP contribution in [0.5, 0.6) is 0 Å². The lowest BCUT2D eigenvalue weighted by Gasteiger charge is -2.24. The van der Waals surface area contributed by atoms with Gasteiger partial charge < -0.3 is 5.32 Å². The number of amides is 1. The van der Waals surface area contributed by atoms with E-state index in [1.165, 1.54) is 6.07 Å². The summed E-state index contributed by atoms with van der Waals surface area (Å²) in [7, 11) is 1.77. The standard InChI is InChI=1S/C18H18FN3O/c1-13(22(2)12-15-7-3-4-9-17(15)19)18(23)21-16-8-5-6-14(10-16)11-20/h3-10,13H,12H2,1-2H3,(H,21,23)/t13-/m0/s1. The van der Waals surface area contributed by atoms with Crippen LogP contribution in [0.25, 0.3) is 0 Å². The molecule has 0 unspecified atom stereocenters. The SMILES string of the molecule is C[C@@H](C(=O)Nc1cccc(C#N)c1)N(C)Cc1ccccc1F. The van der Waals surface area contributed by atoms with Crippen LogP contribution in [0.15, 0.2) is 48.5 Å². The lowest BCUT2D eigenvalue weighted by molar-refractivity contribution is -0.120. The molecule has 1 atom stereocenters. The van der Waals surface area contributed by atoms with Crippen LogP contribution in [0.2, 0.25) is 0 Å². The van der Waals surface area contributed by atoms with Gasteiger partial charge in [0.15, 0.2) is 0 Å². The van der Waals surface area contributed by atoms with Crippen LogP contribution in [0.4, 0.5) is 10.1 Å². The highest BCUT2D eigenvalue weighted by Crippen LogP contribution is 2.13. The molecule has 118 valence electrons. The van der Waals surface area contributed by atoms with Crippen molar-refractivity contribution in [1.29, 1.82) is 5.26 Å². The van der Waals surface area contributed by atoms with Crippen molar-refractivity contribution >= 4 is 11.6 Å². The van der Waals surface area contributed by atoms with Gasteiger partial charge in [-0.1, -0.05) is 24.3 Å². The molecule has 1 N–H and O–H groups in total. The van der Waals surface area contributed by atoms with Gasteiger partial charge in [0.1, 0.15) is 5.82 Å². The zero-order valence-corrected chi connectivity index (χ0v) is 13.1. The number of benzene rings is 2. The van der Waals surface area contributed by atoms with Crippen LogP contribution >= 0.6 is 0 Å². The van der Waals surface area contributed by atoms with Gasteiger partial charge in [0.05, 0.1) is 17.7 Å². The Hall–Kier alpha value is -2.71. The van der Waals surface area contributed by atoms with Crippen molar-refractivity contribution in [1.82, 2.24) is 4.90 Å². The molecule has 0 spiro atoms. The highest BCUT2D eigenvalue weighted by molar-refractivity contribution is 5.94. The Labute approximate surface area is 135 Å². The van der Waals surface area contributed by atoms with Gasteiger partial charge in [-0.25, -0.2) is 4.39 Å². The Morgan fingerprint density at radius 3 is 2.74 bits per heavy atom. The van der Waals surface area contributed by atoms with E-state index in [4.69, 9.17) is 5.26 Å². The van der Waals surface area contributed by atoms with E-state index in [0.717, 1.165) is 0 Å². The van der Waals surface area contributed by atoms with Crippen LogP contribution in [0.3, 0.4) is 0 Å². The molecule has 0 radical (unpaired) electrons. The van der Waals surface area contributed by atoms with Gasteiger partial charge in [0, 0.05) is 17.8 Å². The van der Waals surface area contributed by atoms with Crippen LogP contribution in [0.1, 0.15) is 18.1 Å². The first-order valence-electron chi connectivity index (χ1n) is 7.26. The molecule has 0 saturated heterocycles. The van der Waals surface area contributed by atoms with E-state index in [2.05, 4.69) is 5.32 Å². The number of nitrogens with one attached hydrogen (secondary N) is 1. The summed E-state index contributed by atoms with van der Waals surface area (Å²) in [6.07, 6.45) is 0. The van der Waals surface area contributed by atoms with Gasteiger partial charge in [-0.05, 0) is 38.2 Å². The molecule has 0 aromatic heterocycles. The molecule has 23 heavy (non-hydrogen) atoms. The average molecular weight is 311 g/mol. The number of halogens is 1. The number of likely N-dealkylation sites (N-methyl/N-ethyl adjacent to an activating group) is 1. The number of carbonyl (C=O) groups is 1. The van der Waals surface area contributed by atoms with Crippen molar-refractivity contribution in [3.8, 4) is 6.07 Å². The summed E-state index contributed by atoms with van der Waals surface area (Å²) >= 11 is 0. The predicted molar refractivity (Wildman–Crippen MR) is 87.1 cm³/mol. The number of nitrogens with zero attached hydrogens (tertiary/aromatic N) is 2. The third-order valence-corrected chi connectivity index (χ3v) is 3.68. The highest BCUT2D eigenvalue weighted by atomic mass is 19.1. The molecule has 2 aromatic carbocycles. The van der Waals surface area contributed by atoms with E-state index >= 15 is 0 Å². The Kier molecular flexibility index (Phi) is 5.45. The summed E-state index contributed by atoms with van der Waals surface area (Å²) in [5.41, 5.74) is 1.59. The van der Waals surface area contributed by atoms with Gasteiger partial charge in [-0.3, -0.25) is 9.69 Å². The molecule has 1 amide bonds. The minimum atomic E-state index is -0.444. The fourth-order valence-corrected chi connectivity index (χ4v) is 2.15. The second-order valence-electron chi connectivity index (χ2n) is 5.36. The largest absolute Gasteiger partial charge is 0.325 e. The van der Waals surface area contributed by atoms with Crippen molar-refractivity contribution in [2.45, 2.75) is 19.5 Å².